The SMILES string of the molecule is Cn1nc2nc(Cl)nc(OC(=O)Nc3ccccc3)c2n1. The molecule has 0 unspecified atom stereocenters. The van der Waals surface area contributed by atoms with Crippen LogP contribution in [0.4, 0.5) is 10.5 Å². The zero-order chi connectivity index (χ0) is 14.8. The van der Waals surface area contributed by atoms with Crippen molar-refractivity contribution < 1.29 is 9.53 Å². The Balaban J connectivity index is 1.86. The number of nitrogens with one attached hydrogen (secondary N) is 1. The summed E-state index contributed by atoms with van der Waals surface area (Å²) in [6, 6.07) is 8.87. The Labute approximate surface area is 123 Å². The first-order chi connectivity index (χ1) is 10.1. The quantitative estimate of drug-likeness (QED) is 0.728. The Morgan fingerprint density at radius 1 is 1.24 bits per heavy atom. The molecule has 3 rings (SSSR count). The minimum Gasteiger partial charge on any atom is -0.388 e. The van der Waals surface area contributed by atoms with Gasteiger partial charge in [-0.25, -0.2) is 4.79 Å². The number of nitrogens with zero attached hydrogens (tertiary/aromatic N) is 5. The van der Waals surface area contributed by atoms with E-state index in [1.54, 1.807) is 31.3 Å². The molecule has 0 aliphatic heterocycles. The molecule has 0 fully saturated rings. The zero-order valence-electron chi connectivity index (χ0n) is 10.8. The highest BCUT2D eigenvalue weighted by Gasteiger charge is 2.16. The average molecular weight is 305 g/mol. The largest absolute Gasteiger partial charge is 0.418 e. The summed E-state index contributed by atoms with van der Waals surface area (Å²) < 4.78 is 5.12. The summed E-state index contributed by atoms with van der Waals surface area (Å²) in [5.41, 5.74) is 1.10. The number of ether oxygens (including phenoxy) is 1. The lowest BCUT2D eigenvalue weighted by atomic mass is 10.3. The number of para-hydroxylation sites is 1. The van der Waals surface area contributed by atoms with Gasteiger partial charge in [0.2, 0.25) is 10.9 Å². The third kappa shape index (κ3) is 2.90. The molecule has 1 amide bonds. The van der Waals surface area contributed by atoms with Crippen molar-refractivity contribution in [3.63, 3.8) is 0 Å². The maximum absolute atomic E-state index is 11.9. The predicted molar refractivity (Wildman–Crippen MR) is 75.2 cm³/mol. The van der Waals surface area contributed by atoms with Crippen LogP contribution in [0, 0.1) is 0 Å². The van der Waals surface area contributed by atoms with Crippen LogP contribution < -0.4 is 10.1 Å². The third-order valence-corrected chi connectivity index (χ3v) is 2.67. The number of hydrogen-bond donors (Lipinski definition) is 1. The number of aromatic nitrogens is 5. The Hall–Kier alpha value is -2.74. The van der Waals surface area contributed by atoms with Crippen LogP contribution in [0.1, 0.15) is 0 Å². The van der Waals surface area contributed by atoms with Crippen molar-refractivity contribution in [3.05, 3.63) is 35.6 Å². The van der Waals surface area contributed by atoms with E-state index in [0.29, 0.717) is 5.69 Å². The minimum absolute atomic E-state index is 0.0495. The molecule has 1 aromatic carbocycles. The lowest BCUT2D eigenvalue weighted by molar-refractivity contribution is 0.214. The lowest BCUT2D eigenvalue weighted by Gasteiger charge is -2.05. The van der Waals surface area contributed by atoms with Crippen molar-refractivity contribution >= 4 is 34.5 Å². The number of aryl methyl sites for hydroxylation is 1. The van der Waals surface area contributed by atoms with Crippen LogP contribution in [0.2, 0.25) is 5.28 Å². The van der Waals surface area contributed by atoms with E-state index < -0.39 is 6.09 Å². The number of hydrogen-bond acceptors (Lipinski definition) is 6. The molecule has 0 aliphatic rings. The third-order valence-electron chi connectivity index (χ3n) is 2.50. The first-order valence-corrected chi connectivity index (χ1v) is 6.28. The monoisotopic (exact) mass is 304 g/mol. The fourth-order valence-electron chi connectivity index (χ4n) is 1.68. The van der Waals surface area contributed by atoms with Crippen LogP contribution in [0.3, 0.4) is 0 Å². The molecular formula is C12H9ClN6O2. The summed E-state index contributed by atoms with van der Waals surface area (Å²) in [7, 11) is 1.61. The van der Waals surface area contributed by atoms with Crippen LogP contribution in [-0.2, 0) is 7.05 Å². The molecule has 106 valence electrons. The second-order valence-corrected chi connectivity index (χ2v) is 4.38. The smallest absolute Gasteiger partial charge is 0.388 e. The number of rotatable bonds is 2. The number of amides is 1. The standard InChI is InChI=1S/C12H9ClN6O2/c1-19-17-8-9(18-19)15-11(13)16-10(8)21-12(20)14-7-5-3-2-4-6-7/h2-6H,1H3,(H,14,20). The van der Waals surface area contributed by atoms with Crippen molar-refractivity contribution in [1.29, 1.82) is 0 Å². The van der Waals surface area contributed by atoms with Crippen LogP contribution in [0.25, 0.3) is 11.2 Å². The first kappa shape index (κ1) is 13.3. The number of anilines is 1. The molecule has 21 heavy (non-hydrogen) atoms. The van der Waals surface area contributed by atoms with Crippen LogP contribution in [0.5, 0.6) is 5.88 Å². The van der Waals surface area contributed by atoms with Crippen molar-refractivity contribution in [3.8, 4) is 5.88 Å². The molecule has 1 N–H and O–H groups in total. The maximum atomic E-state index is 11.9. The number of carbonyl (C=O) groups is 1. The molecule has 0 saturated heterocycles. The van der Waals surface area contributed by atoms with Gasteiger partial charge < -0.3 is 4.74 Å². The van der Waals surface area contributed by atoms with Crippen LogP contribution in [0.15, 0.2) is 30.3 Å². The number of fused-ring (bicyclic) bond motifs is 1. The molecular weight excluding hydrogens is 296 g/mol. The lowest BCUT2D eigenvalue weighted by Crippen LogP contribution is -2.17. The summed E-state index contributed by atoms with van der Waals surface area (Å²) in [6.45, 7) is 0. The van der Waals surface area contributed by atoms with E-state index in [0.717, 1.165) is 0 Å². The molecule has 3 aromatic rings. The Bertz CT molecular complexity index is 804. The normalized spacial score (nSPS) is 10.6. The maximum Gasteiger partial charge on any atom is 0.418 e. The summed E-state index contributed by atoms with van der Waals surface area (Å²) in [4.78, 5) is 20.9. The van der Waals surface area contributed by atoms with Gasteiger partial charge in [-0.2, -0.15) is 14.8 Å². The molecule has 0 radical (unpaired) electrons. The summed E-state index contributed by atoms with van der Waals surface area (Å²) in [5, 5.41) is 10.5. The van der Waals surface area contributed by atoms with Gasteiger partial charge in [0.1, 0.15) is 0 Å². The van der Waals surface area contributed by atoms with E-state index in [1.165, 1.54) is 4.80 Å². The second kappa shape index (κ2) is 5.33. The van der Waals surface area contributed by atoms with Crippen LogP contribution in [-0.4, -0.2) is 31.1 Å². The van der Waals surface area contributed by atoms with Crippen LogP contribution >= 0.6 is 11.6 Å². The molecule has 2 heterocycles. The highest BCUT2D eigenvalue weighted by Crippen LogP contribution is 2.21. The molecule has 0 atom stereocenters. The predicted octanol–water partition coefficient (Wildman–Crippen LogP) is 2.02. The number of carbonyl (C=O) groups excluding carboxylic acids is 1. The van der Waals surface area contributed by atoms with Gasteiger partial charge in [0.25, 0.3) is 5.88 Å². The highest BCUT2D eigenvalue weighted by atomic mass is 35.5. The number of halogens is 1. The zero-order valence-corrected chi connectivity index (χ0v) is 11.6. The molecule has 0 aliphatic carbocycles. The van der Waals surface area contributed by atoms with E-state index >= 15 is 0 Å². The molecule has 0 bridgehead atoms. The van der Waals surface area contributed by atoms with E-state index in [2.05, 4.69) is 25.5 Å². The summed E-state index contributed by atoms with van der Waals surface area (Å²) in [5.74, 6) is -0.0495. The van der Waals surface area contributed by atoms with Gasteiger partial charge in [-0.05, 0) is 23.7 Å². The number of benzene rings is 1. The molecule has 2 aromatic heterocycles. The van der Waals surface area contributed by atoms with E-state index in [1.807, 2.05) is 6.07 Å². The average Bonchev–Trinajstić information content (AvgIpc) is 2.80. The topological polar surface area (TPSA) is 94.8 Å². The molecule has 0 saturated carbocycles. The minimum atomic E-state index is -0.706. The van der Waals surface area contributed by atoms with Gasteiger partial charge in [0, 0.05) is 12.7 Å². The van der Waals surface area contributed by atoms with Crippen molar-refractivity contribution in [2.45, 2.75) is 0 Å². The van der Waals surface area contributed by atoms with E-state index in [4.69, 9.17) is 16.3 Å². The molecule has 9 heteroatoms. The second-order valence-electron chi connectivity index (χ2n) is 4.04. The fraction of sp³-hybridized carbons (Fsp3) is 0.0833. The van der Waals surface area contributed by atoms with Gasteiger partial charge >= 0.3 is 6.09 Å². The van der Waals surface area contributed by atoms with E-state index in [9.17, 15) is 4.79 Å². The Morgan fingerprint density at radius 3 is 2.76 bits per heavy atom. The molecule has 0 spiro atoms. The summed E-state index contributed by atoms with van der Waals surface area (Å²) >= 11 is 5.77. The summed E-state index contributed by atoms with van der Waals surface area (Å²) in [6.07, 6.45) is -0.706. The Kier molecular flexibility index (Phi) is 3.36. The van der Waals surface area contributed by atoms with Gasteiger partial charge in [-0.1, -0.05) is 18.2 Å². The van der Waals surface area contributed by atoms with Crippen molar-refractivity contribution in [2.24, 2.45) is 7.05 Å². The van der Waals surface area contributed by atoms with E-state index in [-0.39, 0.29) is 22.3 Å². The van der Waals surface area contributed by atoms with Gasteiger partial charge in [-0.3, -0.25) is 5.32 Å². The van der Waals surface area contributed by atoms with Gasteiger partial charge in [0.05, 0.1) is 0 Å². The first-order valence-electron chi connectivity index (χ1n) is 5.90. The van der Waals surface area contributed by atoms with Gasteiger partial charge in [0.15, 0.2) is 5.52 Å². The van der Waals surface area contributed by atoms with Gasteiger partial charge in [-0.15, -0.1) is 10.2 Å². The van der Waals surface area contributed by atoms with Crippen molar-refractivity contribution in [1.82, 2.24) is 25.0 Å². The molecule has 8 nitrogen and oxygen atoms in total. The fourth-order valence-corrected chi connectivity index (χ4v) is 1.84. The van der Waals surface area contributed by atoms with Crippen molar-refractivity contribution in [2.75, 3.05) is 5.32 Å². The highest BCUT2D eigenvalue weighted by molar-refractivity contribution is 6.28. The Morgan fingerprint density at radius 2 is 2.00 bits per heavy atom.